The van der Waals surface area contributed by atoms with Crippen LogP contribution in [0.3, 0.4) is 0 Å². The number of phenolic OH excluding ortho intramolecular Hbond substituents is 9. The maximum atomic E-state index is 12.1. The van der Waals surface area contributed by atoms with Crippen molar-refractivity contribution in [2.24, 2.45) is 0 Å². The Kier molecular flexibility index (Phi) is 8.82. The quantitative estimate of drug-likeness (QED) is 0.147. The predicted molar refractivity (Wildman–Crippen MR) is 142 cm³/mol. The number of rotatable bonds is 10. The first kappa shape index (κ1) is 31.1. The first-order chi connectivity index (χ1) is 20.2. The summed E-state index contributed by atoms with van der Waals surface area (Å²) in [5, 5.41) is 109. The average molecular weight is 607 g/mol. The van der Waals surface area contributed by atoms with Gasteiger partial charge in [-0.1, -0.05) is 0 Å². The lowest BCUT2D eigenvalue weighted by Crippen LogP contribution is -2.58. The van der Waals surface area contributed by atoms with E-state index in [1.165, 1.54) is 0 Å². The van der Waals surface area contributed by atoms with Gasteiger partial charge in [-0.25, -0.2) is 4.79 Å². The molecule has 0 amide bonds. The van der Waals surface area contributed by atoms with Crippen LogP contribution < -0.4 is 0 Å². The summed E-state index contributed by atoms with van der Waals surface area (Å²) in [6.07, 6.45) is -4.67. The van der Waals surface area contributed by atoms with Gasteiger partial charge in [-0.2, -0.15) is 0 Å². The molecule has 15 heteroatoms. The standard InChI is InChI=1S/C28H30O15/c29-15-1-12(2-16(30)23(15)35)9-41-21-7-28(40,27(38)39)8-22(42-10-13-3-17(31)24(36)18(32)4-13)26(21)43-11-14-5-19(33)25(37)20(34)6-14/h1-6,21-22,26,29-37,40H,7-11H2,(H,38,39)/t21-,22-,26?,28?/m1/s1. The second kappa shape index (κ2) is 12.2. The Morgan fingerprint density at radius 1 is 0.581 bits per heavy atom. The van der Waals surface area contributed by atoms with Crippen molar-refractivity contribution in [1.29, 1.82) is 0 Å². The monoisotopic (exact) mass is 606 g/mol. The zero-order valence-electron chi connectivity index (χ0n) is 22.3. The molecule has 0 unspecified atom stereocenters. The summed E-state index contributed by atoms with van der Waals surface area (Å²) < 4.78 is 17.8. The third kappa shape index (κ3) is 6.81. The SMILES string of the molecule is O=C(O)C1(O)C[C@@H](OCc2cc(O)c(O)c(O)c2)C(OCc2cc(O)c(O)c(O)c2)[C@H](OCc2cc(O)c(O)c(O)c2)C1. The number of carboxylic acids is 1. The van der Waals surface area contributed by atoms with Crippen molar-refractivity contribution in [3.05, 3.63) is 53.1 Å². The summed E-state index contributed by atoms with van der Waals surface area (Å²) in [7, 11) is 0. The highest BCUT2D eigenvalue weighted by Crippen LogP contribution is 2.40. The smallest absolute Gasteiger partial charge is 0.335 e. The number of aliphatic hydroxyl groups is 1. The van der Waals surface area contributed by atoms with E-state index in [1.54, 1.807) is 0 Å². The molecule has 43 heavy (non-hydrogen) atoms. The number of phenols is 9. The molecular formula is C28H30O15. The van der Waals surface area contributed by atoms with Crippen LogP contribution in [-0.4, -0.2) is 86.1 Å². The van der Waals surface area contributed by atoms with Gasteiger partial charge in [-0.15, -0.1) is 0 Å². The Labute approximate surface area is 242 Å². The van der Waals surface area contributed by atoms with E-state index in [-0.39, 0.29) is 36.5 Å². The van der Waals surface area contributed by atoms with Crippen LogP contribution in [0.4, 0.5) is 0 Å². The van der Waals surface area contributed by atoms with Crippen molar-refractivity contribution in [2.45, 2.75) is 56.6 Å². The molecule has 0 heterocycles. The van der Waals surface area contributed by atoms with Crippen LogP contribution in [-0.2, 0) is 38.8 Å². The number of hydrogen-bond acceptors (Lipinski definition) is 14. The first-order valence-corrected chi connectivity index (χ1v) is 12.7. The Morgan fingerprint density at radius 2 is 0.860 bits per heavy atom. The highest BCUT2D eigenvalue weighted by atomic mass is 16.6. The molecule has 232 valence electrons. The minimum absolute atomic E-state index is 0.164. The van der Waals surface area contributed by atoms with E-state index in [0.717, 1.165) is 36.4 Å². The predicted octanol–water partition coefficient (Wildman–Crippen LogP) is 1.70. The van der Waals surface area contributed by atoms with Crippen LogP contribution in [0, 0.1) is 0 Å². The summed E-state index contributed by atoms with van der Waals surface area (Å²) in [6, 6.07) is 6.60. The van der Waals surface area contributed by atoms with Gasteiger partial charge in [0.25, 0.3) is 0 Å². The second-order valence-electron chi connectivity index (χ2n) is 10.2. The van der Waals surface area contributed by atoms with Crippen molar-refractivity contribution in [2.75, 3.05) is 0 Å². The number of carboxylic acid groups (broad SMARTS) is 1. The van der Waals surface area contributed by atoms with E-state index in [1.807, 2.05) is 0 Å². The largest absolute Gasteiger partial charge is 0.504 e. The fourth-order valence-electron chi connectivity index (χ4n) is 4.75. The average Bonchev–Trinajstić information content (AvgIpc) is 2.94. The Bertz CT molecular complexity index is 1360. The van der Waals surface area contributed by atoms with Gasteiger partial charge in [-0.3, -0.25) is 0 Å². The molecule has 3 aromatic rings. The molecule has 3 aromatic carbocycles. The molecule has 0 aliphatic heterocycles. The van der Waals surface area contributed by atoms with Gasteiger partial charge in [0, 0.05) is 12.8 Å². The van der Waals surface area contributed by atoms with Gasteiger partial charge in [0.15, 0.2) is 57.3 Å². The lowest BCUT2D eigenvalue weighted by Gasteiger charge is -2.43. The first-order valence-electron chi connectivity index (χ1n) is 12.7. The van der Waals surface area contributed by atoms with Crippen LogP contribution in [0.5, 0.6) is 51.7 Å². The van der Waals surface area contributed by atoms with Gasteiger partial charge >= 0.3 is 5.97 Å². The van der Waals surface area contributed by atoms with Crippen molar-refractivity contribution >= 4 is 5.97 Å². The fourth-order valence-corrected chi connectivity index (χ4v) is 4.75. The molecule has 1 saturated carbocycles. The van der Waals surface area contributed by atoms with Gasteiger partial charge in [-0.05, 0) is 53.1 Å². The summed E-state index contributed by atoms with van der Waals surface area (Å²) in [5.74, 6) is -7.74. The minimum atomic E-state index is -2.39. The molecule has 1 aliphatic rings. The number of hydrogen-bond donors (Lipinski definition) is 11. The van der Waals surface area contributed by atoms with Crippen molar-refractivity contribution in [1.82, 2.24) is 0 Å². The van der Waals surface area contributed by atoms with Crippen molar-refractivity contribution in [3.63, 3.8) is 0 Å². The fraction of sp³-hybridized carbons (Fsp3) is 0.321. The van der Waals surface area contributed by atoms with E-state index in [4.69, 9.17) is 14.2 Å². The molecular weight excluding hydrogens is 576 g/mol. The summed E-state index contributed by atoms with van der Waals surface area (Å²) >= 11 is 0. The zero-order valence-corrected chi connectivity index (χ0v) is 22.3. The van der Waals surface area contributed by atoms with Crippen LogP contribution in [0.15, 0.2) is 36.4 Å². The Hall–Kier alpha value is -4.83. The van der Waals surface area contributed by atoms with E-state index in [9.17, 15) is 61.0 Å². The number of benzene rings is 3. The van der Waals surface area contributed by atoms with Crippen molar-refractivity contribution < 1.29 is 75.2 Å². The number of carbonyl (C=O) groups is 1. The van der Waals surface area contributed by atoms with Gasteiger partial charge in [0.05, 0.1) is 32.0 Å². The van der Waals surface area contributed by atoms with Crippen LogP contribution in [0.1, 0.15) is 29.5 Å². The molecule has 0 saturated heterocycles. The lowest BCUT2D eigenvalue weighted by molar-refractivity contribution is -0.218. The van der Waals surface area contributed by atoms with Gasteiger partial charge in [0.2, 0.25) is 0 Å². The second-order valence-corrected chi connectivity index (χ2v) is 10.2. The van der Waals surface area contributed by atoms with E-state index in [2.05, 4.69) is 0 Å². The molecule has 1 fully saturated rings. The van der Waals surface area contributed by atoms with Crippen LogP contribution in [0.25, 0.3) is 0 Å². The molecule has 0 spiro atoms. The van der Waals surface area contributed by atoms with Gasteiger partial charge < -0.3 is 70.4 Å². The van der Waals surface area contributed by atoms with E-state index in [0.29, 0.717) is 0 Å². The Balaban J connectivity index is 1.64. The highest BCUT2D eigenvalue weighted by molar-refractivity contribution is 5.77. The van der Waals surface area contributed by atoms with Crippen LogP contribution >= 0.6 is 0 Å². The minimum Gasteiger partial charge on any atom is -0.504 e. The van der Waals surface area contributed by atoms with Gasteiger partial charge in [0.1, 0.15) is 6.10 Å². The molecule has 0 bridgehead atoms. The molecule has 0 radical (unpaired) electrons. The maximum absolute atomic E-state index is 12.1. The number of aliphatic carboxylic acids is 1. The zero-order chi connectivity index (χ0) is 31.6. The summed E-state index contributed by atoms with van der Waals surface area (Å²) in [4.78, 5) is 12.1. The number of ether oxygens (including phenoxy) is 3. The normalized spacial score (nSPS) is 21.9. The maximum Gasteiger partial charge on any atom is 0.335 e. The highest BCUT2D eigenvalue weighted by Gasteiger charge is 2.51. The third-order valence-electron chi connectivity index (χ3n) is 6.97. The van der Waals surface area contributed by atoms with E-state index < -0.39 is 94.5 Å². The molecule has 4 rings (SSSR count). The third-order valence-corrected chi connectivity index (χ3v) is 6.97. The summed E-state index contributed by atoms with van der Waals surface area (Å²) in [5.41, 5.74) is -1.87. The molecule has 0 aromatic heterocycles. The number of aromatic hydroxyl groups is 9. The molecule has 2 atom stereocenters. The Morgan fingerprint density at radius 3 is 1.14 bits per heavy atom. The summed E-state index contributed by atoms with van der Waals surface area (Å²) in [6.45, 7) is -1.07. The topological polar surface area (TPSA) is 267 Å². The molecule has 11 N–H and O–H groups in total. The lowest BCUT2D eigenvalue weighted by atomic mass is 9.79. The van der Waals surface area contributed by atoms with Crippen LogP contribution in [0.2, 0.25) is 0 Å². The van der Waals surface area contributed by atoms with Crippen molar-refractivity contribution in [3.8, 4) is 51.7 Å². The van der Waals surface area contributed by atoms with E-state index >= 15 is 0 Å². The molecule has 1 aliphatic carbocycles. The molecule has 15 nitrogen and oxygen atoms in total.